The topological polar surface area (TPSA) is 54.7 Å². The molecule has 4 rings (SSSR count). The Kier molecular flexibility index (Phi) is 4.50. The largest absolute Gasteiger partial charge is 0.451 e. The summed E-state index contributed by atoms with van der Waals surface area (Å²) in [7, 11) is 0. The number of para-hydroxylation sites is 1. The molecule has 1 fully saturated rings. The van der Waals surface area contributed by atoms with Gasteiger partial charge in [0.25, 0.3) is 5.91 Å². The van der Waals surface area contributed by atoms with Gasteiger partial charge in [-0.05, 0) is 29.8 Å². The highest BCUT2D eigenvalue weighted by molar-refractivity contribution is 6.04. The lowest BCUT2D eigenvalue weighted by atomic mass is 10.1. The number of nitrogens with zero attached hydrogens (tertiary/aromatic N) is 1. The van der Waals surface area contributed by atoms with Crippen LogP contribution >= 0.6 is 0 Å². The molecule has 25 heavy (non-hydrogen) atoms. The number of fused-ring (bicyclic) bond motifs is 1. The summed E-state index contributed by atoms with van der Waals surface area (Å²) in [6.07, 6.45) is 0. The highest BCUT2D eigenvalue weighted by Crippen LogP contribution is 2.20. The first kappa shape index (κ1) is 15.9. The maximum absolute atomic E-state index is 12.5. The minimum atomic E-state index is -0.236. The zero-order valence-electron chi connectivity index (χ0n) is 13.9. The second-order valence-electron chi connectivity index (χ2n) is 6.19. The van der Waals surface area contributed by atoms with Gasteiger partial charge < -0.3 is 14.5 Å². The minimum absolute atomic E-state index is 0.236. The fourth-order valence-electron chi connectivity index (χ4n) is 3.05. The molecule has 1 N–H and O–H groups in total. The molecule has 0 radical (unpaired) electrons. The Bertz CT molecular complexity index is 848. The van der Waals surface area contributed by atoms with Gasteiger partial charge in [0.05, 0.1) is 13.2 Å². The summed E-state index contributed by atoms with van der Waals surface area (Å²) in [5, 5.41) is 3.85. The third kappa shape index (κ3) is 3.73. The molecule has 0 saturated carbocycles. The molecule has 0 spiro atoms. The number of hydrogen-bond acceptors (Lipinski definition) is 4. The third-order valence-electron chi connectivity index (χ3n) is 4.34. The second-order valence-corrected chi connectivity index (χ2v) is 6.19. The van der Waals surface area contributed by atoms with Crippen molar-refractivity contribution in [2.75, 3.05) is 31.6 Å². The molecule has 0 aliphatic carbocycles. The normalized spacial score (nSPS) is 15.4. The van der Waals surface area contributed by atoms with E-state index < -0.39 is 0 Å². The number of amides is 1. The van der Waals surface area contributed by atoms with E-state index in [4.69, 9.17) is 9.15 Å². The van der Waals surface area contributed by atoms with Crippen molar-refractivity contribution in [3.8, 4) is 0 Å². The van der Waals surface area contributed by atoms with E-state index in [-0.39, 0.29) is 5.91 Å². The summed E-state index contributed by atoms with van der Waals surface area (Å²) in [6, 6.07) is 17.3. The van der Waals surface area contributed by atoms with Crippen molar-refractivity contribution < 1.29 is 13.9 Å². The fourth-order valence-corrected chi connectivity index (χ4v) is 3.05. The van der Waals surface area contributed by atoms with E-state index in [2.05, 4.69) is 16.3 Å². The Labute approximate surface area is 146 Å². The SMILES string of the molecule is O=C(Nc1cccc(CN2CCOCC2)c1)c1cc2ccccc2o1. The molecule has 3 aromatic rings. The predicted octanol–water partition coefficient (Wildman–Crippen LogP) is 3.52. The predicted molar refractivity (Wildman–Crippen MR) is 96.7 cm³/mol. The number of hydrogen-bond donors (Lipinski definition) is 1. The van der Waals surface area contributed by atoms with Gasteiger partial charge in [-0.25, -0.2) is 0 Å². The van der Waals surface area contributed by atoms with Crippen molar-refractivity contribution in [1.29, 1.82) is 0 Å². The van der Waals surface area contributed by atoms with Crippen LogP contribution < -0.4 is 5.32 Å². The van der Waals surface area contributed by atoms with Gasteiger partial charge in [-0.2, -0.15) is 0 Å². The van der Waals surface area contributed by atoms with Crippen LogP contribution in [0.2, 0.25) is 0 Å². The van der Waals surface area contributed by atoms with Crippen molar-refractivity contribution in [2.45, 2.75) is 6.54 Å². The van der Waals surface area contributed by atoms with Crippen LogP contribution in [0, 0.1) is 0 Å². The van der Waals surface area contributed by atoms with Gasteiger partial charge in [0.15, 0.2) is 5.76 Å². The number of ether oxygens (including phenoxy) is 1. The first-order valence-corrected chi connectivity index (χ1v) is 8.47. The van der Waals surface area contributed by atoms with Crippen molar-refractivity contribution in [2.24, 2.45) is 0 Å². The molecule has 1 saturated heterocycles. The lowest BCUT2D eigenvalue weighted by Crippen LogP contribution is -2.35. The lowest BCUT2D eigenvalue weighted by molar-refractivity contribution is 0.0342. The molecule has 2 aromatic carbocycles. The first-order chi connectivity index (χ1) is 12.3. The molecule has 0 bridgehead atoms. The van der Waals surface area contributed by atoms with E-state index >= 15 is 0 Å². The smallest absolute Gasteiger partial charge is 0.291 e. The summed E-state index contributed by atoms with van der Waals surface area (Å²) >= 11 is 0. The Morgan fingerprint density at radius 1 is 1.04 bits per heavy atom. The first-order valence-electron chi connectivity index (χ1n) is 8.47. The van der Waals surface area contributed by atoms with Crippen LogP contribution in [0.15, 0.2) is 59.0 Å². The molecular weight excluding hydrogens is 316 g/mol. The summed E-state index contributed by atoms with van der Waals surface area (Å²) in [5.41, 5.74) is 2.66. The molecule has 0 unspecified atom stereocenters. The second kappa shape index (κ2) is 7.09. The molecular formula is C20H20N2O3. The summed E-state index contributed by atoms with van der Waals surface area (Å²) in [5.74, 6) is 0.0829. The van der Waals surface area contributed by atoms with E-state index in [1.54, 1.807) is 6.07 Å². The van der Waals surface area contributed by atoms with Gasteiger partial charge >= 0.3 is 0 Å². The number of furan rings is 1. The van der Waals surface area contributed by atoms with Crippen LogP contribution in [0.4, 0.5) is 5.69 Å². The van der Waals surface area contributed by atoms with Crippen molar-refractivity contribution in [3.05, 3.63) is 65.9 Å². The molecule has 1 aliphatic heterocycles. The van der Waals surface area contributed by atoms with Crippen molar-refractivity contribution in [3.63, 3.8) is 0 Å². The lowest BCUT2D eigenvalue weighted by Gasteiger charge is -2.26. The monoisotopic (exact) mass is 336 g/mol. The van der Waals surface area contributed by atoms with Gasteiger partial charge in [0.2, 0.25) is 0 Å². The number of anilines is 1. The zero-order chi connectivity index (χ0) is 17.1. The number of carbonyl (C=O) groups is 1. The Morgan fingerprint density at radius 3 is 2.72 bits per heavy atom. The Morgan fingerprint density at radius 2 is 1.88 bits per heavy atom. The Hall–Kier alpha value is -2.63. The van der Waals surface area contributed by atoms with E-state index in [0.717, 1.165) is 43.9 Å². The van der Waals surface area contributed by atoms with Crippen LogP contribution in [0.1, 0.15) is 16.1 Å². The van der Waals surface area contributed by atoms with Crippen LogP contribution in [0.5, 0.6) is 0 Å². The number of nitrogens with one attached hydrogen (secondary N) is 1. The van der Waals surface area contributed by atoms with E-state index in [1.807, 2.05) is 42.5 Å². The number of rotatable bonds is 4. The maximum Gasteiger partial charge on any atom is 0.291 e. The van der Waals surface area contributed by atoms with Crippen LogP contribution in [-0.2, 0) is 11.3 Å². The minimum Gasteiger partial charge on any atom is -0.451 e. The van der Waals surface area contributed by atoms with Gasteiger partial charge in [-0.3, -0.25) is 9.69 Å². The van der Waals surface area contributed by atoms with Crippen LogP contribution in [0.3, 0.4) is 0 Å². The van der Waals surface area contributed by atoms with Gasteiger partial charge in [0, 0.05) is 30.7 Å². The van der Waals surface area contributed by atoms with Gasteiger partial charge in [0.1, 0.15) is 5.58 Å². The molecule has 128 valence electrons. The average Bonchev–Trinajstić information content (AvgIpc) is 3.07. The number of morpholine rings is 1. The van der Waals surface area contributed by atoms with Crippen LogP contribution in [0.25, 0.3) is 11.0 Å². The quantitative estimate of drug-likeness (QED) is 0.792. The molecule has 1 amide bonds. The number of benzene rings is 2. The Balaban J connectivity index is 1.46. The summed E-state index contributed by atoms with van der Waals surface area (Å²) in [6.45, 7) is 4.30. The van der Waals surface area contributed by atoms with Crippen molar-refractivity contribution in [1.82, 2.24) is 4.90 Å². The molecule has 2 heterocycles. The standard InChI is InChI=1S/C20H20N2O3/c23-20(19-13-16-5-1-2-7-18(16)25-19)21-17-6-3-4-15(12-17)14-22-8-10-24-11-9-22/h1-7,12-13H,8-11,14H2,(H,21,23). The van der Waals surface area contributed by atoms with Gasteiger partial charge in [-0.15, -0.1) is 0 Å². The number of carbonyl (C=O) groups excluding carboxylic acids is 1. The third-order valence-corrected chi connectivity index (χ3v) is 4.34. The van der Waals surface area contributed by atoms with E-state index in [0.29, 0.717) is 11.3 Å². The summed E-state index contributed by atoms with van der Waals surface area (Å²) < 4.78 is 11.0. The van der Waals surface area contributed by atoms with E-state index in [9.17, 15) is 4.79 Å². The fraction of sp³-hybridized carbons (Fsp3) is 0.250. The average molecular weight is 336 g/mol. The van der Waals surface area contributed by atoms with Crippen molar-refractivity contribution >= 4 is 22.6 Å². The molecule has 5 nitrogen and oxygen atoms in total. The zero-order valence-corrected chi connectivity index (χ0v) is 13.9. The van der Waals surface area contributed by atoms with Gasteiger partial charge in [-0.1, -0.05) is 30.3 Å². The highest BCUT2D eigenvalue weighted by atomic mass is 16.5. The molecule has 1 aliphatic rings. The molecule has 5 heteroatoms. The molecule has 1 aromatic heterocycles. The van der Waals surface area contributed by atoms with Crippen LogP contribution in [-0.4, -0.2) is 37.1 Å². The molecule has 0 atom stereocenters. The maximum atomic E-state index is 12.5. The highest BCUT2D eigenvalue weighted by Gasteiger charge is 2.14. The van der Waals surface area contributed by atoms with E-state index in [1.165, 1.54) is 5.56 Å². The summed E-state index contributed by atoms with van der Waals surface area (Å²) in [4.78, 5) is 14.8.